The smallest absolute Gasteiger partial charge is 0.387 e. The minimum absolute atomic E-state index is 0.319. The number of nitro groups is 1. The number of para-hydroxylation sites is 1. The third-order valence-electron chi connectivity index (χ3n) is 3.86. The van der Waals surface area contributed by atoms with Gasteiger partial charge in [0.1, 0.15) is 5.75 Å². The quantitative estimate of drug-likeness (QED) is 0.370. The fourth-order valence-electron chi connectivity index (χ4n) is 2.96. The molecule has 20 heavy (non-hydrogen) atoms. The Morgan fingerprint density at radius 3 is 2.75 bits per heavy atom. The van der Waals surface area contributed by atoms with Crippen LogP contribution in [0.3, 0.4) is 0 Å². The Hall–Kier alpha value is -1.99. The van der Waals surface area contributed by atoms with Crippen LogP contribution in [0.15, 0.2) is 24.3 Å². The van der Waals surface area contributed by atoms with E-state index in [2.05, 4.69) is 0 Å². The molecule has 1 aromatic rings. The highest BCUT2D eigenvalue weighted by Crippen LogP contribution is 2.44. The molecule has 2 aliphatic heterocycles. The molecule has 3 rings (SSSR count). The van der Waals surface area contributed by atoms with Crippen LogP contribution in [0.5, 0.6) is 5.75 Å². The summed E-state index contributed by atoms with van der Waals surface area (Å²) in [5.74, 6) is -1.79. The van der Waals surface area contributed by atoms with Gasteiger partial charge in [0.15, 0.2) is 6.29 Å². The van der Waals surface area contributed by atoms with E-state index >= 15 is 0 Å². The summed E-state index contributed by atoms with van der Waals surface area (Å²) in [5.41, 5.74) is 0.573. The first-order valence-corrected chi connectivity index (χ1v) is 6.33. The molecule has 1 fully saturated rings. The highest BCUT2D eigenvalue weighted by molar-refractivity contribution is 5.81. The van der Waals surface area contributed by atoms with Crippen molar-refractivity contribution >= 4 is 5.97 Å². The zero-order valence-corrected chi connectivity index (χ0v) is 10.5. The third kappa shape index (κ3) is 1.95. The van der Waals surface area contributed by atoms with Crippen LogP contribution in [0, 0.1) is 16.0 Å². The Bertz CT molecular complexity index is 560. The molecule has 4 atom stereocenters. The van der Waals surface area contributed by atoms with Crippen LogP contribution in [0.1, 0.15) is 17.9 Å². The number of benzene rings is 1. The zero-order valence-electron chi connectivity index (χ0n) is 10.5. The predicted molar refractivity (Wildman–Crippen MR) is 65.7 cm³/mol. The van der Waals surface area contributed by atoms with Crippen molar-refractivity contribution in [3.05, 3.63) is 39.9 Å². The molecule has 0 aromatic heterocycles. The van der Waals surface area contributed by atoms with E-state index in [1.807, 2.05) is 0 Å². The average Bonchev–Trinajstić information content (AvgIpc) is 2.82. The molecule has 0 saturated carbocycles. The number of carbonyl (C=O) groups is 1. The van der Waals surface area contributed by atoms with Crippen LogP contribution < -0.4 is 4.74 Å². The number of ether oxygens (including phenoxy) is 2. The summed E-state index contributed by atoms with van der Waals surface area (Å²) in [7, 11) is 0. The van der Waals surface area contributed by atoms with Crippen molar-refractivity contribution in [1.29, 1.82) is 0 Å². The molecule has 1 saturated heterocycles. The summed E-state index contributed by atoms with van der Waals surface area (Å²) in [6.07, 6.45) is -0.626. The number of esters is 1. The van der Waals surface area contributed by atoms with Gasteiger partial charge < -0.3 is 14.6 Å². The number of nitrogens with zero attached hydrogens (tertiary/aromatic N) is 1. The second kappa shape index (κ2) is 4.84. The standard InChI is InChI=1S/C13H13NO6/c15-12-8(5-6-19-12)10-7-3-1-2-4-9(7)20-13(16)11(10)14(17)18/h1-4,8,10-12,15H,5-6H2. The van der Waals surface area contributed by atoms with Crippen LogP contribution in [0.25, 0.3) is 0 Å². The fraction of sp³-hybridized carbons (Fsp3) is 0.462. The molecule has 0 bridgehead atoms. The van der Waals surface area contributed by atoms with Gasteiger partial charge in [-0.3, -0.25) is 10.1 Å². The van der Waals surface area contributed by atoms with Gasteiger partial charge in [-0.25, -0.2) is 4.79 Å². The number of aliphatic hydroxyl groups is 1. The Morgan fingerprint density at radius 1 is 1.35 bits per heavy atom. The van der Waals surface area contributed by atoms with Crippen molar-refractivity contribution < 1.29 is 24.3 Å². The first-order chi connectivity index (χ1) is 9.59. The SMILES string of the molecule is O=C1Oc2ccccc2C(C2CCOC2O)C1[N+](=O)[O-]. The van der Waals surface area contributed by atoms with Gasteiger partial charge in [0.25, 0.3) is 0 Å². The molecule has 2 aliphatic rings. The molecule has 0 radical (unpaired) electrons. The maximum atomic E-state index is 11.9. The molecule has 2 heterocycles. The summed E-state index contributed by atoms with van der Waals surface area (Å²) in [4.78, 5) is 22.5. The highest BCUT2D eigenvalue weighted by atomic mass is 16.6. The van der Waals surface area contributed by atoms with Crippen LogP contribution in [0.4, 0.5) is 0 Å². The van der Waals surface area contributed by atoms with Gasteiger partial charge in [-0.2, -0.15) is 0 Å². The molecule has 0 aliphatic carbocycles. The van der Waals surface area contributed by atoms with Gasteiger partial charge in [0, 0.05) is 16.4 Å². The number of aliphatic hydroxyl groups excluding tert-OH is 1. The van der Waals surface area contributed by atoms with Crippen LogP contribution in [0.2, 0.25) is 0 Å². The van der Waals surface area contributed by atoms with Crippen molar-refractivity contribution in [3.8, 4) is 5.75 Å². The lowest BCUT2D eigenvalue weighted by Gasteiger charge is -2.31. The molecule has 106 valence electrons. The highest BCUT2D eigenvalue weighted by Gasteiger charge is 2.52. The van der Waals surface area contributed by atoms with E-state index in [-0.39, 0.29) is 0 Å². The lowest BCUT2D eigenvalue weighted by atomic mass is 9.78. The minimum atomic E-state index is -1.51. The van der Waals surface area contributed by atoms with E-state index in [0.717, 1.165) is 0 Å². The van der Waals surface area contributed by atoms with Crippen molar-refractivity contribution in [1.82, 2.24) is 0 Å². The Kier molecular flexibility index (Phi) is 3.15. The topological polar surface area (TPSA) is 98.9 Å². The summed E-state index contributed by atoms with van der Waals surface area (Å²) in [5, 5.41) is 21.1. The van der Waals surface area contributed by atoms with Crippen molar-refractivity contribution in [2.45, 2.75) is 24.7 Å². The number of carbonyl (C=O) groups excluding carboxylic acids is 1. The van der Waals surface area contributed by atoms with E-state index in [1.165, 1.54) is 0 Å². The second-order valence-corrected chi connectivity index (χ2v) is 4.93. The predicted octanol–water partition coefficient (Wildman–Crippen LogP) is 0.689. The van der Waals surface area contributed by atoms with Gasteiger partial charge in [-0.05, 0) is 12.5 Å². The van der Waals surface area contributed by atoms with E-state index in [1.54, 1.807) is 24.3 Å². The third-order valence-corrected chi connectivity index (χ3v) is 3.86. The maximum absolute atomic E-state index is 11.9. The Labute approximate surface area is 114 Å². The summed E-state index contributed by atoms with van der Waals surface area (Å²) < 4.78 is 10.1. The number of fused-ring (bicyclic) bond motifs is 1. The molecule has 7 nitrogen and oxygen atoms in total. The molecule has 0 spiro atoms. The van der Waals surface area contributed by atoms with Gasteiger partial charge >= 0.3 is 12.0 Å². The maximum Gasteiger partial charge on any atom is 0.387 e. The number of hydrogen-bond donors (Lipinski definition) is 1. The van der Waals surface area contributed by atoms with E-state index < -0.39 is 35.1 Å². The number of hydrogen-bond acceptors (Lipinski definition) is 6. The molecule has 4 unspecified atom stereocenters. The fourth-order valence-corrected chi connectivity index (χ4v) is 2.96. The largest absolute Gasteiger partial charge is 0.421 e. The molecule has 1 N–H and O–H groups in total. The monoisotopic (exact) mass is 279 g/mol. The van der Waals surface area contributed by atoms with Crippen LogP contribution in [-0.4, -0.2) is 34.9 Å². The van der Waals surface area contributed by atoms with Gasteiger partial charge in [-0.15, -0.1) is 0 Å². The Morgan fingerprint density at radius 2 is 2.10 bits per heavy atom. The summed E-state index contributed by atoms with van der Waals surface area (Å²) in [6.45, 7) is 0.323. The van der Waals surface area contributed by atoms with Gasteiger partial charge in [0.05, 0.1) is 12.5 Å². The van der Waals surface area contributed by atoms with Crippen LogP contribution >= 0.6 is 0 Å². The van der Waals surface area contributed by atoms with Gasteiger partial charge in [-0.1, -0.05) is 18.2 Å². The second-order valence-electron chi connectivity index (χ2n) is 4.93. The lowest BCUT2D eigenvalue weighted by Crippen LogP contribution is -2.46. The molecule has 0 amide bonds. The molecule has 7 heteroatoms. The van der Waals surface area contributed by atoms with E-state index in [4.69, 9.17) is 9.47 Å². The lowest BCUT2D eigenvalue weighted by molar-refractivity contribution is -0.517. The molecule has 1 aromatic carbocycles. The van der Waals surface area contributed by atoms with E-state index in [9.17, 15) is 20.0 Å². The zero-order chi connectivity index (χ0) is 14.3. The number of rotatable bonds is 2. The van der Waals surface area contributed by atoms with E-state index in [0.29, 0.717) is 24.3 Å². The Balaban J connectivity index is 2.09. The molecular formula is C13H13NO6. The normalized spacial score (nSPS) is 32.5. The van der Waals surface area contributed by atoms with Gasteiger partial charge in [0.2, 0.25) is 0 Å². The van der Waals surface area contributed by atoms with Crippen molar-refractivity contribution in [3.63, 3.8) is 0 Å². The van der Waals surface area contributed by atoms with Crippen molar-refractivity contribution in [2.24, 2.45) is 5.92 Å². The minimum Gasteiger partial charge on any atom is -0.421 e. The molecular weight excluding hydrogens is 266 g/mol. The van der Waals surface area contributed by atoms with Crippen LogP contribution in [-0.2, 0) is 9.53 Å². The van der Waals surface area contributed by atoms with Crippen molar-refractivity contribution in [2.75, 3.05) is 6.61 Å². The summed E-state index contributed by atoms with van der Waals surface area (Å²) in [6, 6.07) is 5.19. The first kappa shape index (κ1) is 13.0. The average molecular weight is 279 g/mol. The first-order valence-electron chi connectivity index (χ1n) is 6.33. The summed E-state index contributed by atoms with van der Waals surface area (Å²) >= 11 is 0.